The monoisotopic (exact) mass is 308 g/mol. The van der Waals surface area contributed by atoms with Gasteiger partial charge in [0.1, 0.15) is 0 Å². The topological polar surface area (TPSA) is 24.9 Å². The molecule has 0 aromatic carbocycles. The molecule has 0 aromatic heterocycles. The molecule has 2 saturated heterocycles. The molecule has 2 fully saturated rings. The minimum atomic E-state index is 0.689. The zero-order chi connectivity index (χ0) is 15.6. The Morgan fingerprint density at radius 3 is 1.64 bits per heavy atom. The summed E-state index contributed by atoms with van der Waals surface area (Å²) in [4.78, 5) is 4.64. The van der Waals surface area contributed by atoms with Gasteiger partial charge in [0.2, 0.25) is 0 Å². The van der Waals surface area contributed by atoms with Gasteiger partial charge >= 0.3 is 0 Å². The van der Waals surface area contributed by atoms with Gasteiger partial charge in [0.15, 0.2) is 0 Å². The fraction of sp³-hybridized carbons (Fsp3) is 0.889. The first-order valence-electron chi connectivity index (χ1n) is 8.72. The van der Waals surface area contributed by atoms with E-state index < -0.39 is 0 Å². The molecule has 4 nitrogen and oxygen atoms in total. The Balaban J connectivity index is 1.56. The molecule has 2 aliphatic rings. The highest BCUT2D eigenvalue weighted by atomic mass is 16.5. The van der Waals surface area contributed by atoms with E-state index >= 15 is 0 Å². The van der Waals surface area contributed by atoms with Crippen LogP contribution >= 0.6 is 0 Å². The van der Waals surface area contributed by atoms with Gasteiger partial charge in [-0.1, -0.05) is 11.8 Å². The van der Waals surface area contributed by atoms with Crippen molar-refractivity contribution in [2.75, 3.05) is 66.7 Å². The molecule has 0 N–H and O–H groups in total. The van der Waals surface area contributed by atoms with Gasteiger partial charge in [-0.2, -0.15) is 0 Å². The van der Waals surface area contributed by atoms with Crippen LogP contribution in [0.2, 0.25) is 0 Å². The molecule has 2 atom stereocenters. The van der Waals surface area contributed by atoms with Crippen LogP contribution in [0, 0.1) is 23.7 Å². The lowest BCUT2D eigenvalue weighted by molar-refractivity contribution is 0.0433. The predicted molar refractivity (Wildman–Crippen MR) is 89.9 cm³/mol. The lowest BCUT2D eigenvalue weighted by Crippen LogP contribution is -2.32. The second-order valence-electron chi connectivity index (χ2n) is 6.91. The summed E-state index contributed by atoms with van der Waals surface area (Å²) in [6, 6.07) is 0. The average molecular weight is 308 g/mol. The molecular formula is C18H32N2O2. The second kappa shape index (κ2) is 10.2. The fourth-order valence-corrected chi connectivity index (χ4v) is 3.30. The van der Waals surface area contributed by atoms with E-state index in [0.717, 1.165) is 52.6 Å². The van der Waals surface area contributed by atoms with Crippen molar-refractivity contribution >= 4 is 0 Å². The third-order valence-corrected chi connectivity index (χ3v) is 4.47. The minimum absolute atomic E-state index is 0.689. The molecule has 0 bridgehead atoms. The lowest BCUT2D eigenvalue weighted by atomic mass is 10.0. The van der Waals surface area contributed by atoms with Crippen LogP contribution in [0.5, 0.6) is 0 Å². The summed E-state index contributed by atoms with van der Waals surface area (Å²) in [5.41, 5.74) is 0. The van der Waals surface area contributed by atoms with Crippen molar-refractivity contribution in [2.24, 2.45) is 11.8 Å². The first-order chi connectivity index (χ1) is 10.7. The lowest BCUT2D eigenvalue weighted by Gasteiger charge is -2.26. The van der Waals surface area contributed by atoms with E-state index in [4.69, 9.17) is 9.47 Å². The van der Waals surface area contributed by atoms with Gasteiger partial charge in [-0.05, 0) is 51.6 Å². The quantitative estimate of drug-likeness (QED) is 0.698. The van der Waals surface area contributed by atoms with Crippen molar-refractivity contribution in [3.63, 3.8) is 0 Å². The molecule has 2 rings (SSSR count). The maximum absolute atomic E-state index is 5.53. The number of hydrogen-bond acceptors (Lipinski definition) is 4. The number of hydrogen-bond donors (Lipinski definition) is 0. The molecule has 22 heavy (non-hydrogen) atoms. The summed E-state index contributed by atoms with van der Waals surface area (Å²) in [7, 11) is 4.32. The molecule has 0 aliphatic carbocycles. The fourth-order valence-electron chi connectivity index (χ4n) is 3.30. The number of ether oxygens (including phenoxy) is 2. The van der Waals surface area contributed by atoms with Crippen LogP contribution in [-0.2, 0) is 9.47 Å². The second-order valence-corrected chi connectivity index (χ2v) is 6.91. The van der Waals surface area contributed by atoms with E-state index in [9.17, 15) is 0 Å². The SMILES string of the molecule is CN(CC#CCN(C)CC1CCCOC1)CC1CCCOC1. The summed E-state index contributed by atoms with van der Waals surface area (Å²) < 4.78 is 11.1. The van der Waals surface area contributed by atoms with E-state index in [1.807, 2.05) is 0 Å². The molecule has 0 saturated carbocycles. The van der Waals surface area contributed by atoms with Gasteiger partial charge in [-0.25, -0.2) is 0 Å². The van der Waals surface area contributed by atoms with Crippen molar-refractivity contribution in [3.8, 4) is 11.8 Å². The van der Waals surface area contributed by atoms with Crippen molar-refractivity contribution in [1.29, 1.82) is 0 Å². The highest BCUT2D eigenvalue weighted by molar-refractivity contribution is 5.03. The van der Waals surface area contributed by atoms with Gasteiger partial charge in [-0.15, -0.1) is 0 Å². The summed E-state index contributed by atoms with van der Waals surface area (Å²) in [5, 5.41) is 0. The first-order valence-corrected chi connectivity index (χ1v) is 8.72. The van der Waals surface area contributed by atoms with Crippen molar-refractivity contribution in [1.82, 2.24) is 9.80 Å². The summed E-state index contributed by atoms with van der Waals surface area (Å²) >= 11 is 0. The Morgan fingerprint density at radius 1 is 0.818 bits per heavy atom. The molecule has 0 spiro atoms. The van der Waals surface area contributed by atoms with Crippen LogP contribution < -0.4 is 0 Å². The third kappa shape index (κ3) is 7.11. The van der Waals surface area contributed by atoms with E-state index in [1.54, 1.807) is 0 Å². The normalized spacial score (nSPS) is 26.0. The number of rotatable bonds is 6. The van der Waals surface area contributed by atoms with E-state index in [1.165, 1.54) is 25.7 Å². The average Bonchev–Trinajstić information content (AvgIpc) is 2.53. The Morgan fingerprint density at radius 2 is 1.27 bits per heavy atom. The van der Waals surface area contributed by atoms with Crippen LogP contribution in [0.25, 0.3) is 0 Å². The molecule has 4 heteroatoms. The third-order valence-electron chi connectivity index (χ3n) is 4.47. The van der Waals surface area contributed by atoms with Gasteiger partial charge in [0.25, 0.3) is 0 Å². The maximum Gasteiger partial charge on any atom is 0.0599 e. The Kier molecular flexibility index (Phi) is 8.25. The Hall–Kier alpha value is -0.600. The predicted octanol–water partition coefficient (Wildman–Crippen LogP) is 1.71. The summed E-state index contributed by atoms with van der Waals surface area (Å²) in [6.07, 6.45) is 5.01. The van der Waals surface area contributed by atoms with E-state index in [0.29, 0.717) is 11.8 Å². The Labute approximate surface area is 136 Å². The highest BCUT2D eigenvalue weighted by Gasteiger charge is 2.16. The van der Waals surface area contributed by atoms with Gasteiger partial charge in [-0.3, -0.25) is 9.80 Å². The highest BCUT2D eigenvalue weighted by Crippen LogP contribution is 2.14. The van der Waals surface area contributed by atoms with Gasteiger partial charge in [0, 0.05) is 26.3 Å². The molecule has 126 valence electrons. The molecule has 0 amide bonds. The molecule has 0 aromatic rings. The molecular weight excluding hydrogens is 276 g/mol. The Bertz CT molecular complexity index is 320. The largest absolute Gasteiger partial charge is 0.381 e. The number of nitrogens with zero attached hydrogens (tertiary/aromatic N) is 2. The molecule has 0 radical (unpaired) electrons. The molecule has 2 unspecified atom stereocenters. The minimum Gasteiger partial charge on any atom is -0.381 e. The van der Waals surface area contributed by atoms with E-state index in [-0.39, 0.29) is 0 Å². The zero-order valence-electron chi connectivity index (χ0n) is 14.4. The smallest absolute Gasteiger partial charge is 0.0599 e. The van der Waals surface area contributed by atoms with Crippen molar-refractivity contribution < 1.29 is 9.47 Å². The maximum atomic E-state index is 5.53. The van der Waals surface area contributed by atoms with Crippen LogP contribution in [0.3, 0.4) is 0 Å². The van der Waals surface area contributed by atoms with Gasteiger partial charge in [0.05, 0.1) is 26.3 Å². The van der Waals surface area contributed by atoms with Crippen LogP contribution in [0.15, 0.2) is 0 Å². The van der Waals surface area contributed by atoms with Gasteiger partial charge < -0.3 is 9.47 Å². The standard InChI is InChI=1S/C18H32N2O2/c1-19(13-17-7-5-11-21-15-17)9-3-4-10-20(2)14-18-8-6-12-22-16-18/h17-18H,5-16H2,1-2H3. The van der Waals surface area contributed by atoms with Crippen molar-refractivity contribution in [3.05, 3.63) is 0 Å². The summed E-state index contributed by atoms with van der Waals surface area (Å²) in [6.45, 7) is 7.65. The molecule has 2 heterocycles. The zero-order valence-corrected chi connectivity index (χ0v) is 14.4. The van der Waals surface area contributed by atoms with Crippen LogP contribution in [0.4, 0.5) is 0 Å². The van der Waals surface area contributed by atoms with E-state index in [2.05, 4.69) is 35.7 Å². The van der Waals surface area contributed by atoms with Crippen LogP contribution in [-0.4, -0.2) is 76.5 Å². The first kappa shape index (κ1) is 17.7. The van der Waals surface area contributed by atoms with Crippen LogP contribution in [0.1, 0.15) is 25.7 Å². The molecule has 2 aliphatic heterocycles. The summed E-state index contributed by atoms with van der Waals surface area (Å²) in [5.74, 6) is 7.99. The van der Waals surface area contributed by atoms with Crippen molar-refractivity contribution in [2.45, 2.75) is 25.7 Å².